The molecule has 1 aliphatic rings. The zero-order valence-electron chi connectivity index (χ0n) is 13.6. The minimum absolute atomic E-state index is 0.00235. The summed E-state index contributed by atoms with van der Waals surface area (Å²) in [5.41, 5.74) is 1.19. The van der Waals surface area contributed by atoms with E-state index in [1.54, 1.807) is 11.0 Å². The first-order valence-electron chi connectivity index (χ1n) is 8.03. The van der Waals surface area contributed by atoms with Crippen LogP contribution in [0, 0.1) is 10.1 Å². The highest BCUT2D eigenvalue weighted by Gasteiger charge is 2.23. The molecule has 0 spiro atoms. The van der Waals surface area contributed by atoms with Gasteiger partial charge in [0.25, 0.3) is 5.91 Å². The Hall–Kier alpha value is -1.96. The number of nitrogens with zero attached hydrogens (tertiary/aromatic N) is 3. The second kappa shape index (κ2) is 7.95. The first-order chi connectivity index (χ1) is 12.0. The third-order valence-corrected chi connectivity index (χ3v) is 5.45. The molecule has 1 saturated heterocycles. The monoisotopic (exact) mass is 379 g/mol. The van der Waals surface area contributed by atoms with Crippen LogP contribution < -0.4 is 0 Å². The van der Waals surface area contributed by atoms with Crippen LogP contribution in [0.25, 0.3) is 0 Å². The van der Waals surface area contributed by atoms with Gasteiger partial charge in [0.15, 0.2) is 0 Å². The van der Waals surface area contributed by atoms with Crippen molar-refractivity contribution >= 4 is 33.8 Å². The second-order valence-corrected chi connectivity index (χ2v) is 7.44. The Labute approximate surface area is 154 Å². The highest BCUT2D eigenvalue weighted by molar-refractivity contribution is 7.17. The van der Waals surface area contributed by atoms with E-state index < -0.39 is 4.92 Å². The summed E-state index contributed by atoms with van der Waals surface area (Å²) in [4.78, 5) is 27.4. The standard InChI is InChI=1S/C17H18ClN3O3S/c18-14-4-2-13(3-5-14)12-19-8-1-9-20(11-10-19)17(22)15-6-7-16(25-15)21(23)24/h2-7H,1,8-12H2. The number of rotatable bonds is 4. The fourth-order valence-corrected chi connectivity index (χ4v) is 3.79. The zero-order valence-corrected chi connectivity index (χ0v) is 15.1. The Kier molecular flexibility index (Phi) is 5.67. The summed E-state index contributed by atoms with van der Waals surface area (Å²) in [5.74, 6) is -0.119. The third kappa shape index (κ3) is 4.56. The molecule has 3 rings (SSSR count). The van der Waals surface area contributed by atoms with Crippen LogP contribution in [-0.2, 0) is 6.54 Å². The molecule has 1 aliphatic heterocycles. The SMILES string of the molecule is O=C(c1ccc([N+](=O)[O-])s1)N1CCCN(Cc2ccc(Cl)cc2)CC1. The van der Waals surface area contributed by atoms with Gasteiger partial charge in [-0.25, -0.2) is 0 Å². The molecule has 2 aromatic rings. The molecule has 0 unspecified atom stereocenters. The Bertz CT molecular complexity index is 763. The highest BCUT2D eigenvalue weighted by Crippen LogP contribution is 2.25. The van der Waals surface area contributed by atoms with E-state index >= 15 is 0 Å². The molecule has 6 nitrogen and oxygen atoms in total. The molecule has 2 heterocycles. The van der Waals surface area contributed by atoms with Crippen LogP contribution in [0.4, 0.5) is 5.00 Å². The van der Waals surface area contributed by atoms with Crippen LogP contribution in [0.5, 0.6) is 0 Å². The fraction of sp³-hybridized carbons (Fsp3) is 0.353. The Morgan fingerprint density at radius 2 is 1.88 bits per heavy atom. The van der Waals surface area contributed by atoms with Gasteiger partial charge in [-0.1, -0.05) is 35.1 Å². The fourth-order valence-electron chi connectivity index (χ4n) is 2.88. The topological polar surface area (TPSA) is 66.7 Å². The predicted molar refractivity (Wildman–Crippen MR) is 98.2 cm³/mol. The van der Waals surface area contributed by atoms with Crippen molar-refractivity contribution in [2.75, 3.05) is 26.2 Å². The smallest absolute Gasteiger partial charge is 0.324 e. The van der Waals surface area contributed by atoms with E-state index in [1.807, 2.05) is 24.3 Å². The van der Waals surface area contributed by atoms with E-state index in [9.17, 15) is 14.9 Å². The molecule has 25 heavy (non-hydrogen) atoms. The molecule has 0 atom stereocenters. The molecule has 1 aromatic carbocycles. The molecule has 0 bridgehead atoms. The molecule has 132 valence electrons. The van der Waals surface area contributed by atoms with Crippen molar-refractivity contribution in [1.29, 1.82) is 0 Å². The zero-order chi connectivity index (χ0) is 17.8. The van der Waals surface area contributed by atoms with E-state index in [0.717, 1.165) is 42.4 Å². The molecule has 1 fully saturated rings. The van der Waals surface area contributed by atoms with E-state index in [0.29, 0.717) is 18.0 Å². The first-order valence-corrected chi connectivity index (χ1v) is 9.22. The summed E-state index contributed by atoms with van der Waals surface area (Å²) >= 11 is 6.85. The van der Waals surface area contributed by atoms with Gasteiger partial charge in [0.2, 0.25) is 0 Å². The van der Waals surface area contributed by atoms with Crippen LogP contribution in [0.2, 0.25) is 5.02 Å². The Morgan fingerprint density at radius 1 is 1.12 bits per heavy atom. The van der Waals surface area contributed by atoms with Crippen molar-refractivity contribution in [2.45, 2.75) is 13.0 Å². The average molecular weight is 380 g/mol. The average Bonchev–Trinajstić information content (AvgIpc) is 2.98. The summed E-state index contributed by atoms with van der Waals surface area (Å²) in [7, 11) is 0. The summed E-state index contributed by atoms with van der Waals surface area (Å²) in [6.45, 7) is 3.81. The van der Waals surface area contributed by atoms with Crippen molar-refractivity contribution in [3.63, 3.8) is 0 Å². The highest BCUT2D eigenvalue weighted by atomic mass is 35.5. The lowest BCUT2D eigenvalue weighted by Crippen LogP contribution is -2.34. The molecule has 1 amide bonds. The number of hydrogen-bond donors (Lipinski definition) is 0. The van der Waals surface area contributed by atoms with E-state index in [-0.39, 0.29) is 10.9 Å². The molecule has 8 heteroatoms. The van der Waals surface area contributed by atoms with E-state index in [2.05, 4.69) is 4.90 Å². The molecule has 0 saturated carbocycles. The lowest BCUT2D eigenvalue weighted by Gasteiger charge is -2.21. The minimum Gasteiger partial charge on any atom is -0.337 e. The van der Waals surface area contributed by atoms with Crippen molar-refractivity contribution in [1.82, 2.24) is 9.80 Å². The lowest BCUT2D eigenvalue weighted by molar-refractivity contribution is -0.380. The van der Waals surface area contributed by atoms with Crippen LogP contribution >= 0.6 is 22.9 Å². The first kappa shape index (κ1) is 17.8. The van der Waals surface area contributed by atoms with Gasteiger partial charge in [0.1, 0.15) is 0 Å². The van der Waals surface area contributed by atoms with Crippen molar-refractivity contribution in [3.8, 4) is 0 Å². The third-order valence-electron chi connectivity index (χ3n) is 4.18. The molecule has 0 aliphatic carbocycles. The van der Waals surface area contributed by atoms with Gasteiger partial charge < -0.3 is 4.90 Å². The number of hydrogen-bond acceptors (Lipinski definition) is 5. The summed E-state index contributed by atoms with van der Waals surface area (Å²) in [6.07, 6.45) is 0.882. The van der Waals surface area contributed by atoms with E-state index in [1.165, 1.54) is 11.6 Å². The number of carbonyl (C=O) groups excluding carboxylic acids is 1. The number of halogens is 1. The normalized spacial score (nSPS) is 15.8. The quantitative estimate of drug-likeness (QED) is 0.600. The maximum atomic E-state index is 12.6. The summed E-state index contributed by atoms with van der Waals surface area (Å²) < 4.78 is 0. The number of nitro groups is 1. The van der Waals surface area contributed by atoms with Gasteiger partial charge in [0, 0.05) is 43.8 Å². The number of thiophene rings is 1. The predicted octanol–water partition coefficient (Wildman–Crippen LogP) is 3.66. The largest absolute Gasteiger partial charge is 0.337 e. The van der Waals surface area contributed by atoms with Gasteiger partial charge in [-0.2, -0.15) is 0 Å². The molecular weight excluding hydrogens is 362 g/mol. The summed E-state index contributed by atoms with van der Waals surface area (Å²) in [5, 5.41) is 11.5. The number of carbonyl (C=O) groups is 1. The van der Waals surface area contributed by atoms with Crippen molar-refractivity contribution in [3.05, 3.63) is 62.0 Å². The molecule has 0 radical (unpaired) electrons. The van der Waals surface area contributed by atoms with Gasteiger partial charge in [-0.3, -0.25) is 19.8 Å². The maximum absolute atomic E-state index is 12.6. The van der Waals surface area contributed by atoms with Crippen molar-refractivity contribution < 1.29 is 9.72 Å². The van der Waals surface area contributed by atoms with Gasteiger partial charge in [0.05, 0.1) is 9.80 Å². The molecule has 1 aromatic heterocycles. The van der Waals surface area contributed by atoms with Gasteiger partial charge >= 0.3 is 5.00 Å². The van der Waals surface area contributed by atoms with Crippen LogP contribution in [0.15, 0.2) is 36.4 Å². The Balaban J connectivity index is 1.59. The Morgan fingerprint density at radius 3 is 2.56 bits per heavy atom. The van der Waals surface area contributed by atoms with Gasteiger partial charge in [-0.15, -0.1) is 0 Å². The summed E-state index contributed by atoms with van der Waals surface area (Å²) in [6, 6.07) is 10.7. The number of amides is 1. The maximum Gasteiger partial charge on any atom is 0.324 e. The molecule has 0 N–H and O–H groups in total. The minimum atomic E-state index is -0.461. The van der Waals surface area contributed by atoms with Gasteiger partial charge in [-0.05, 0) is 30.2 Å². The van der Waals surface area contributed by atoms with Crippen LogP contribution in [0.1, 0.15) is 21.7 Å². The van der Waals surface area contributed by atoms with E-state index in [4.69, 9.17) is 11.6 Å². The van der Waals surface area contributed by atoms with Crippen molar-refractivity contribution in [2.24, 2.45) is 0 Å². The second-order valence-electron chi connectivity index (χ2n) is 5.94. The molecular formula is C17H18ClN3O3S. The number of benzene rings is 1. The van der Waals surface area contributed by atoms with Crippen LogP contribution in [0.3, 0.4) is 0 Å². The lowest BCUT2D eigenvalue weighted by atomic mass is 10.2. The van der Waals surface area contributed by atoms with Crippen LogP contribution in [-0.4, -0.2) is 46.8 Å².